The summed E-state index contributed by atoms with van der Waals surface area (Å²) in [4.78, 5) is 14.9. The van der Waals surface area contributed by atoms with Gasteiger partial charge in [0.15, 0.2) is 11.9 Å². The summed E-state index contributed by atoms with van der Waals surface area (Å²) in [7, 11) is 1.60. The highest BCUT2D eigenvalue weighted by Gasteiger charge is 2.12. The second-order valence-electron chi connectivity index (χ2n) is 4.51. The highest BCUT2D eigenvalue weighted by molar-refractivity contribution is 5.93. The molecule has 21 heavy (non-hydrogen) atoms. The zero-order chi connectivity index (χ0) is 14.8. The fraction of sp³-hybridized carbons (Fsp3) is 0.133. The van der Waals surface area contributed by atoms with Crippen LogP contribution in [0.25, 0.3) is 11.0 Å². The number of hydrogen-bond acceptors (Lipinski definition) is 4. The third-order valence-electron chi connectivity index (χ3n) is 3.19. The number of carbonyl (C=O) groups is 1. The summed E-state index contributed by atoms with van der Waals surface area (Å²) in [5.41, 5.74) is 1.56. The number of aldehydes is 1. The van der Waals surface area contributed by atoms with Gasteiger partial charge >= 0.3 is 0 Å². The van der Waals surface area contributed by atoms with Crippen molar-refractivity contribution in [2.24, 2.45) is 0 Å². The molecule has 2 heterocycles. The molecule has 6 heteroatoms. The normalized spacial score (nSPS) is 10.8. The third kappa shape index (κ3) is 2.47. The first kappa shape index (κ1) is 13.2. The average Bonchev–Trinajstić information content (AvgIpc) is 2.85. The van der Waals surface area contributed by atoms with E-state index in [1.165, 1.54) is 16.8 Å². The minimum atomic E-state index is -0.601. The highest BCUT2D eigenvalue weighted by Crippen LogP contribution is 2.18. The number of rotatable bonds is 4. The number of methoxy groups -OCH3 is 1. The van der Waals surface area contributed by atoms with E-state index in [4.69, 9.17) is 4.74 Å². The summed E-state index contributed by atoms with van der Waals surface area (Å²) < 4.78 is 19.9. The lowest BCUT2D eigenvalue weighted by Crippen LogP contribution is -2.03. The molecular weight excluding hydrogens is 273 g/mol. The predicted molar refractivity (Wildman–Crippen MR) is 75.0 cm³/mol. The van der Waals surface area contributed by atoms with Crippen molar-refractivity contribution in [1.29, 1.82) is 0 Å². The molecule has 0 aliphatic rings. The Morgan fingerprint density at radius 1 is 1.24 bits per heavy atom. The van der Waals surface area contributed by atoms with E-state index in [0.29, 0.717) is 23.9 Å². The lowest BCUT2D eigenvalue weighted by Gasteiger charge is -2.04. The molecule has 0 fully saturated rings. The lowest BCUT2D eigenvalue weighted by atomic mass is 10.2. The number of aromatic nitrogens is 3. The summed E-state index contributed by atoms with van der Waals surface area (Å²) >= 11 is 0. The zero-order valence-electron chi connectivity index (χ0n) is 11.3. The molecule has 0 saturated carbocycles. The van der Waals surface area contributed by atoms with E-state index in [-0.39, 0.29) is 5.69 Å². The van der Waals surface area contributed by atoms with Crippen LogP contribution in [0.15, 0.2) is 36.4 Å². The molecule has 0 aliphatic heterocycles. The van der Waals surface area contributed by atoms with E-state index in [9.17, 15) is 9.18 Å². The fourth-order valence-corrected chi connectivity index (χ4v) is 2.15. The molecule has 1 aromatic carbocycles. The maximum Gasteiger partial charge on any atom is 0.214 e. The Balaban J connectivity index is 2.02. The number of carbonyl (C=O) groups excluding carboxylic acids is 1. The molecule has 0 spiro atoms. The Kier molecular flexibility index (Phi) is 3.35. The van der Waals surface area contributed by atoms with Crippen molar-refractivity contribution in [1.82, 2.24) is 14.8 Å². The van der Waals surface area contributed by atoms with Gasteiger partial charge < -0.3 is 4.74 Å². The summed E-state index contributed by atoms with van der Waals surface area (Å²) in [5.74, 6) is 0.151. The molecule has 3 aromatic rings. The quantitative estimate of drug-likeness (QED) is 0.545. The first-order valence-electron chi connectivity index (χ1n) is 6.32. The van der Waals surface area contributed by atoms with Crippen LogP contribution in [0, 0.1) is 5.95 Å². The Morgan fingerprint density at radius 3 is 2.67 bits per heavy atom. The number of nitrogens with zero attached hydrogens (tertiary/aromatic N) is 3. The molecule has 0 amide bonds. The molecule has 0 aliphatic carbocycles. The smallest absolute Gasteiger partial charge is 0.214 e. The van der Waals surface area contributed by atoms with Gasteiger partial charge in [-0.1, -0.05) is 12.1 Å². The van der Waals surface area contributed by atoms with Crippen molar-refractivity contribution < 1.29 is 13.9 Å². The van der Waals surface area contributed by atoms with Crippen LogP contribution in [-0.2, 0) is 6.54 Å². The van der Waals surface area contributed by atoms with Crippen molar-refractivity contribution in [2.75, 3.05) is 7.11 Å². The van der Waals surface area contributed by atoms with Crippen molar-refractivity contribution in [3.05, 3.63) is 53.6 Å². The van der Waals surface area contributed by atoms with Gasteiger partial charge in [-0.2, -0.15) is 14.5 Å². The van der Waals surface area contributed by atoms with Crippen molar-refractivity contribution in [2.45, 2.75) is 6.54 Å². The summed E-state index contributed by atoms with van der Waals surface area (Å²) in [5, 5.41) is 4.72. The van der Waals surface area contributed by atoms with Crippen LogP contribution in [0.1, 0.15) is 16.1 Å². The van der Waals surface area contributed by atoms with Crippen LogP contribution in [0.4, 0.5) is 4.39 Å². The van der Waals surface area contributed by atoms with Gasteiger partial charge in [0.1, 0.15) is 11.4 Å². The van der Waals surface area contributed by atoms with Crippen LogP contribution in [0.3, 0.4) is 0 Å². The Hall–Kier alpha value is -2.76. The molecule has 3 rings (SSSR count). The van der Waals surface area contributed by atoms with Gasteiger partial charge in [0.05, 0.1) is 19.0 Å². The monoisotopic (exact) mass is 285 g/mol. The van der Waals surface area contributed by atoms with Crippen LogP contribution in [0.2, 0.25) is 0 Å². The molecule has 0 atom stereocenters. The molecule has 2 aromatic heterocycles. The number of ether oxygens (including phenoxy) is 1. The number of halogens is 1. The fourth-order valence-electron chi connectivity index (χ4n) is 2.15. The number of fused-ring (bicyclic) bond motifs is 1. The van der Waals surface area contributed by atoms with Crippen molar-refractivity contribution >= 4 is 17.3 Å². The number of benzene rings is 1. The minimum absolute atomic E-state index is 0.256. The van der Waals surface area contributed by atoms with E-state index >= 15 is 0 Å². The lowest BCUT2D eigenvalue weighted by molar-refractivity contribution is 0.111. The standard InChI is InChI=1S/C15H12FN3O2/c1-21-11-4-2-10(3-5-11)8-19-15-12(13(9-20)18-19)6-7-14(16)17-15/h2-7,9H,8H2,1H3. The maximum absolute atomic E-state index is 13.3. The van der Waals surface area contributed by atoms with Crippen LogP contribution in [-0.4, -0.2) is 28.2 Å². The van der Waals surface area contributed by atoms with Gasteiger partial charge in [0, 0.05) is 0 Å². The topological polar surface area (TPSA) is 57.0 Å². The summed E-state index contributed by atoms with van der Waals surface area (Å²) in [6, 6.07) is 10.2. The van der Waals surface area contributed by atoms with E-state index in [2.05, 4.69) is 10.1 Å². The van der Waals surface area contributed by atoms with Crippen molar-refractivity contribution in [3.63, 3.8) is 0 Å². The molecule has 0 saturated heterocycles. The van der Waals surface area contributed by atoms with Crippen molar-refractivity contribution in [3.8, 4) is 5.75 Å². The Bertz CT molecular complexity index is 797. The SMILES string of the molecule is COc1ccc(Cn2nc(C=O)c3ccc(F)nc32)cc1. The minimum Gasteiger partial charge on any atom is -0.497 e. The number of pyridine rings is 1. The predicted octanol–water partition coefficient (Wildman–Crippen LogP) is 2.44. The van der Waals surface area contributed by atoms with Gasteiger partial charge in [0.25, 0.3) is 0 Å². The first-order valence-corrected chi connectivity index (χ1v) is 6.32. The van der Waals surface area contributed by atoms with E-state index in [0.717, 1.165) is 11.3 Å². The van der Waals surface area contributed by atoms with E-state index in [1.807, 2.05) is 24.3 Å². The second-order valence-corrected chi connectivity index (χ2v) is 4.51. The van der Waals surface area contributed by atoms with E-state index in [1.54, 1.807) is 7.11 Å². The zero-order valence-corrected chi connectivity index (χ0v) is 11.3. The van der Waals surface area contributed by atoms with Gasteiger partial charge in [-0.3, -0.25) is 4.79 Å². The summed E-state index contributed by atoms with van der Waals surface area (Å²) in [6.45, 7) is 0.394. The molecule has 0 unspecified atom stereocenters. The third-order valence-corrected chi connectivity index (χ3v) is 3.19. The van der Waals surface area contributed by atoms with Gasteiger partial charge in [0.2, 0.25) is 5.95 Å². The average molecular weight is 285 g/mol. The molecule has 106 valence electrons. The molecule has 5 nitrogen and oxygen atoms in total. The summed E-state index contributed by atoms with van der Waals surface area (Å²) in [6.07, 6.45) is 0.645. The van der Waals surface area contributed by atoms with Crippen LogP contribution in [0.5, 0.6) is 5.75 Å². The van der Waals surface area contributed by atoms with Crippen LogP contribution >= 0.6 is 0 Å². The van der Waals surface area contributed by atoms with Gasteiger partial charge in [-0.15, -0.1) is 0 Å². The highest BCUT2D eigenvalue weighted by atomic mass is 19.1. The molecule has 0 radical (unpaired) electrons. The Labute approximate surface area is 120 Å². The maximum atomic E-state index is 13.3. The molecule has 0 bridgehead atoms. The Morgan fingerprint density at radius 2 is 2.00 bits per heavy atom. The first-order chi connectivity index (χ1) is 10.2. The second kappa shape index (κ2) is 5.32. The van der Waals surface area contributed by atoms with E-state index < -0.39 is 5.95 Å². The largest absolute Gasteiger partial charge is 0.497 e. The molecular formula is C15H12FN3O2. The number of hydrogen-bond donors (Lipinski definition) is 0. The molecule has 0 N–H and O–H groups in total. The van der Waals surface area contributed by atoms with Gasteiger partial charge in [-0.25, -0.2) is 4.68 Å². The van der Waals surface area contributed by atoms with Gasteiger partial charge in [-0.05, 0) is 29.8 Å². The van der Waals surface area contributed by atoms with Crippen LogP contribution < -0.4 is 4.74 Å².